The zero-order valence-corrected chi connectivity index (χ0v) is 14.4. The lowest BCUT2D eigenvalue weighted by Gasteiger charge is -2.10. The number of hydrogen-bond acceptors (Lipinski definition) is 5. The van der Waals surface area contributed by atoms with Gasteiger partial charge < -0.3 is 23.9 Å². The minimum Gasteiger partial charge on any atom is -0.497 e. The van der Waals surface area contributed by atoms with Crippen molar-refractivity contribution in [2.24, 2.45) is 0 Å². The summed E-state index contributed by atoms with van der Waals surface area (Å²) in [5.74, 6) is 2.67. The van der Waals surface area contributed by atoms with Gasteiger partial charge in [-0.2, -0.15) is 0 Å². The summed E-state index contributed by atoms with van der Waals surface area (Å²) in [7, 11) is 3.18. The topological polar surface area (TPSA) is 69.8 Å². The minimum atomic E-state index is -0.197. The Labute approximate surface area is 149 Å². The highest BCUT2D eigenvalue weighted by atomic mass is 16.7. The maximum absolute atomic E-state index is 12.2. The quantitative estimate of drug-likeness (QED) is 0.780. The molecule has 0 spiro atoms. The maximum Gasteiger partial charge on any atom is 0.249 e. The molecule has 0 atom stereocenters. The molecule has 132 valence electrons. The highest BCUT2D eigenvalue weighted by Crippen LogP contribution is 2.36. The number of H-pyrrole nitrogens is 1. The highest BCUT2D eigenvalue weighted by Gasteiger charge is 2.15. The molecular weight excluding hydrogens is 334 g/mol. The van der Waals surface area contributed by atoms with E-state index in [1.54, 1.807) is 26.4 Å². The predicted octanol–water partition coefficient (Wildman–Crippen LogP) is 3.45. The molecule has 1 aliphatic rings. The largest absolute Gasteiger partial charge is 0.497 e. The van der Waals surface area contributed by atoms with Crippen LogP contribution in [0.3, 0.4) is 0 Å². The van der Waals surface area contributed by atoms with E-state index in [-0.39, 0.29) is 12.4 Å². The van der Waals surface area contributed by atoms with Gasteiger partial charge in [0.05, 0.1) is 14.2 Å². The molecule has 0 saturated carbocycles. The number of rotatable bonds is 4. The van der Waals surface area contributed by atoms with E-state index in [9.17, 15) is 4.79 Å². The van der Waals surface area contributed by atoms with Gasteiger partial charge >= 0.3 is 0 Å². The highest BCUT2D eigenvalue weighted by molar-refractivity contribution is 5.73. The molecule has 0 aliphatic carbocycles. The fraction of sp³-hybridized carbons (Fsp3) is 0.150. The van der Waals surface area contributed by atoms with E-state index in [4.69, 9.17) is 18.9 Å². The summed E-state index contributed by atoms with van der Waals surface area (Å²) in [6, 6.07) is 14.5. The second-order valence-corrected chi connectivity index (χ2v) is 5.82. The Morgan fingerprint density at radius 3 is 2.27 bits per heavy atom. The van der Waals surface area contributed by atoms with Gasteiger partial charge in [-0.15, -0.1) is 0 Å². The molecule has 6 nitrogen and oxygen atoms in total. The molecule has 1 aliphatic heterocycles. The fourth-order valence-corrected chi connectivity index (χ4v) is 2.90. The summed E-state index contributed by atoms with van der Waals surface area (Å²) in [4.78, 5) is 15.1. The first-order chi connectivity index (χ1) is 12.7. The smallest absolute Gasteiger partial charge is 0.249 e. The van der Waals surface area contributed by atoms with Gasteiger partial charge in [0, 0.05) is 23.4 Å². The van der Waals surface area contributed by atoms with Crippen LogP contribution in [-0.2, 0) is 0 Å². The van der Waals surface area contributed by atoms with Crippen molar-refractivity contribution >= 4 is 0 Å². The number of aromatic amines is 1. The van der Waals surface area contributed by atoms with E-state index in [1.165, 1.54) is 0 Å². The van der Waals surface area contributed by atoms with E-state index in [0.717, 1.165) is 16.7 Å². The van der Waals surface area contributed by atoms with Gasteiger partial charge in [0.25, 0.3) is 0 Å². The summed E-state index contributed by atoms with van der Waals surface area (Å²) < 4.78 is 21.4. The Balaban J connectivity index is 1.81. The van der Waals surface area contributed by atoms with Crippen molar-refractivity contribution < 1.29 is 18.9 Å². The van der Waals surface area contributed by atoms with Crippen molar-refractivity contribution in [1.29, 1.82) is 0 Å². The maximum atomic E-state index is 12.2. The number of aromatic nitrogens is 1. The third-order valence-electron chi connectivity index (χ3n) is 4.21. The lowest BCUT2D eigenvalue weighted by Crippen LogP contribution is -2.06. The predicted molar refractivity (Wildman–Crippen MR) is 97.2 cm³/mol. The summed E-state index contributed by atoms with van der Waals surface area (Å²) in [6.45, 7) is 0.211. The third kappa shape index (κ3) is 2.97. The Hall–Kier alpha value is -3.41. The molecule has 2 aromatic carbocycles. The molecule has 1 N–H and O–H groups in total. The third-order valence-corrected chi connectivity index (χ3v) is 4.21. The summed E-state index contributed by atoms with van der Waals surface area (Å²) in [6.07, 6.45) is 0. The van der Waals surface area contributed by atoms with Crippen molar-refractivity contribution in [2.45, 2.75) is 0 Å². The van der Waals surface area contributed by atoms with Crippen molar-refractivity contribution in [3.8, 4) is 45.4 Å². The Bertz CT molecular complexity index is 1000. The molecule has 4 rings (SSSR count). The second-order valence-electron chi connectivity index (χ2n) is 5.82. The van der Waals surface area contributed by atoms with Crippen LogP contribution in [0, 0.1) is 0 Å². The van der Waals surface area contributed by atoms with Crippen LogP contribution >= 0.6 is 0 Å². The molecule has 1 aromatic heterocycles. The van der Waals surface area contributed by atoms with Crippen LogP contribution in [0.2, 0.25) is 0 Å². The van der Waals surface area contributed by atoms with E-state index in [0.29, 0.717) is 28.7 Å². The zero-order chi connectivity index (χ0) is 18.1. The molecule has 6 heteroatoms. The van der Waals surface area contributed by atoms with E-state index in [1.807, 2.05) is 36.4 Å². The Kier molecular flexibility index (Phi) is 4.01. The first kappa shape index (κ1) is 16.1. The summed E-state index contributed by atoms with van der Waals surface area (Å²) >= 11 is 0. The van der Waals surface area contributed by atoms with E-state index < -0.39 is 0 Å². The number of pyridine rings is 1. The van der Waals surface area contributed by atoms with Gasteiger partial charge in [-0.1, -0.05) is 6.07 Å². The lowest BCUT2D eigenvalue weighted by molar-refractivity contribution is 0.174. The molecule has 2 heterocycles. The van der Waals surface area contributed by atoms with Gasteiger partial charge in [0.2, 0.25) is 12.4 Å². The molecule has 3 aromatic rings. The van der Waals surface area contributed by atoms with Gasteiger partial charge in [0.1, 0.15) is 11.5 Å². The number of ether oxygens (including phenoxy) is 4. The summed E-state index contributed by atoms with van der Waals surface area (Å²) in [5.41, 5.74) is 2.92. The van der Waals surface area contributed by atoms with Crippen LogP contribution < -0.4 is 24.5 Å². The van der Waals surface area contributed by atoms with Crippen LogP contribution in [0.4, 0.5) is 0 Å². The monoisotopic (exact) mass is 351 g/mol. The van der Waals surface area contributed by atoms with Crippen molar-refractivity contribution in [3.05, 3.63) is 58.9 Å². The van der Waals surface area contributed by atoms with E-state index >= 15 is 0 Å². The van der Waals surface area contributed by atoms with Gasteiger partial charge in [0.15, 0.2) is 11.5 Å². The number of benzene rings is 2. The van der Waals surface area contributed by atoms with Crippen molar-refractivity contribution in [2.75, 3.05) is 21.0 Å². The van der Waals surface area contributed by atoms with Gasteiger partial charge in [-0.3, -0.25) is 4.79 Å². The Morgan fingerprint density at radius 2 is 1.54 bits per heavy atom. The Morgan fingerprint density at radius 1 is 0.808 bits per heavy atom. The molecule has 0 saturated heterocycles. The van der Waals surface area contributed by atoms with Crippen LogP contribution in [-0.4, -0.2) is 26.0 Å². The second kappa shape index (κ2) is 6.48. The van der Waals surface area contributed by atoms with Crippen molar-refractivity contribution in [3.63, 3.8) is 0 Å². The minimum absolute atomic E-state index is 0.197. The van der Waals surface area contributed by atoms with Crippen LogP contribution in [0.5, 0.6) is 23.0 Å². The fourth-order valence-electron chi connectivity index (χ4n) is 2.90. The standard InChI is InChI=1S/C20H17NO5/c1-23-15-5-14(6-16(10-15)24-2)17-7-13(9-20(22)21-17)12-3-4-18-19(8-12)26-11-25-18/h3-10H,11H2,1-2H3,(H,21,22). The van der Waals surface area contributed by atoms with Crippen LogP contribution in [0.25, 0.3) is 22.4 Å². The first-order valence-electron chi connectivity index (χ1n) is 8.04. The number of fused-ring (bicyclic) bond motifs is 1. The number of methoxy groups -OCH3 is 2. The molecule has 0 bridgehead atoms. The average molecular weight is 351 g/mol. The zero-order valence-electron chi connectivity index (χ0n) is 14.4. The first-order valence-corrected chi connectivity index (χ1v) is 8.04. The molecule has 0 radical (unpaired) electrons. The SMILES string of the molecule is COc1cc(OC)cc(-c2cc(-c3ccc4c(c3)OCO4)cc(=O)[nH]2)c1. The molecule has 0 fully saturated rings. The number of nitrogens with one attached hydrogen (secondary N) is 1. The molecular formula is C20H17NO5. The van der Waals surface area contributed by atoms with Crippen LogP contribution in [0.15, 0.2) is 53.3 Å². The van der Waals surface area contributed by atoms with Gasteiger partial charge in [-0.05, 0) is 41.5 Å². The average Bonchev–Trinajstić information content (AvgIpc) is 3.14. The van der Waals surface area contributed by atoms with Crippen LogP contribution in [0.1, 0.15) is 0 Å². The normalized spacial score (nSPS) is 12.1. The number of hydrogen-bond donors (Lipinski definition) is 1. The molecule has 0 amide bonds. The molecule has 0 unspecified atom stereocenters. The van der Waals surface area contributed by atoms with E-state index in [2.05, 4.69) is 4.98 Å². The molecule has 26 heavy (non-hydrogen) atoms. The van der Waals surface area contributed by atoms with Crippen molar-refractivity contribution in [1.82, 2.24) is 4.98 Å². The summed E-state index contributed by atoms with van der Waals surface area (Å²) in [5, 5.41) is 0. The van der Waals surface area contributed by atoms with Gasteiger partial charge in [-0.25, -0.2) is 0 Å². The lowest BCUT2D eigenvalue weighted by atomic mass is 10.0.